The van der Waals surface area contributed by atoms with Gasteiger partial charge in [0.2, 0.25) is 0 Å². The molecule has 0 saturated carbocycles. The van der Waals surface area contributed by atoms with Crippen molar-refractivity contribution in [3.63, 3.8) is 0 Å². The smallest absolute Gasteiger partial charge is 0.171 e. The Labute approximate surface area is 136 Å². The summed E-state index contributed by atoms with van der Waals surface area (Å²) in [5.74, 6) is -0.0413. The minimum atomic E-state index is -0.460. The van der Waals surface area contributed by atoms with Gasteiger partial charge in [-0.05, 0) is 29.6 Å². The van der Waals surface area contributed by atoms with Crippen LogP contribution in [0.4, 0.5) is 4.39 Å². The molecule has 2 nitrogen and oxygen atoms in total. The second-order valence-corrected chi connectivity index (χ2v) is 7.15. The number of benzene rings is 1. The maximum absolute atomic E-state index is 14.0. The van der Waals surface area contributed by atoms with Crippen molar-refractivity contribution in [3.05, 3.63) is 45.6 Å². The largest absolute Gasteiger partial charge is 0.224 e. The maximum Gasteiger partial charge on any atom is 0.171 e. The normalized spacial score (nSPS) is 11.6. The molecule has 0 N–H and O–H groups in total. The standard InChI is InChI=1S/C14H5Cl2FN2S2/c15-6-1-2-7(17)12-11(6)13(16)19-14(18-12)10-5-9-8(21-10)3-4-20-9/h1-5H. The van der Waals surface area contributed by atoms with Gasteiger partial charge in [0, 0.05) is 9.40 Å². The molecule has 0 unspecified atom stereocenters. The van der Waals surface area contributed by atoms with Crippen molar-refractivity contribution in [2.24, 2.45) is 0 Å². The van der Waals surface area contributed by atoms with Crippen LogP contribution >= 0.6 is 45.9 Å². The van der Waals surface area contributed by atoms with E-state index in [-0.39, 0.29) is 10.7 Å². The van der Waals surface area contributed by atoms with E-state index < -0.39 is 5.82 Å². The molecule has 0 fully saturated rings. The first-order valence-electron chi connectivity index (χ1n) is 5.92. The van der Waals surface area contributed by atoms with Crippen LogP contribution in [0.25, 0.3) is 31.0 Å². The summed E-state index contributed by atoms with van der Waals surface area (Å²) in [5.41, 5.74) is 0.147. The van der Waals surface area contributed by atoms with Crippen LogP contribution in [0.3, 0.4) is 0 Å². The van der Waals surface area contributed by atoms with Gasteiger partial charge in [0.1, 0.15) is 16.5 Å². The van der Waals surface area contributed by atoms with Crippen LogP contribution in [0.1, 0.15) is 0 Å². The highest BCUT2D eigenvalue weighted by Crippen LogP contribution is 2.37. The van der Waals surface area contributed by atoms with Crippen LogP contribution in [-0.2, 0) is 0 Å². The Hall–Kier alpha value is -1.27. The van der Waals surface area contributed by atoms with Crippen LogP contribution in [0.2, 0.25) is 10.2 Å². The highest BCUT2D eigenvalue weighted by molar-refractivity contribution is 7.28. The van der Waals surface area contributed by atoms with Crippen molar-refractivity contribution in [2.45, 2.75) is 0 Å². The highest BCUT2D eigenvalue weighted by atomic mass is 35.5. The Morgan fingerprint density at radius 3 is 2.71 bits per heavy atom. The minimum absolute atomic E-state index is 0.147. The summed E-state index contributed by atoms with van der Waals surface area (Å²) < 4.78 is 16.3. The van der Waals surface area contributed by atoms with E-state index in [0.717, 1.165) is 14.3 Å². The molecular weight excluding hydrogens is 350 g/mol. The van der Waals surface area contributed by atoms with Gasteiger partial charge in [0.05, 0.1) is 15.3 Å². The molecule has 0 atom stereocenters. The number of hydrogen-bond acceptors (Lipinski definition) is 4. The SMILES string of the molecule is Fc1ccc(Cl)c2c(Cl)nc(-c3cc4sccc4s3)nc12. The van der Waals surface area contributed by atoms with Gasteiger partial charge in [-0.2, -0.15) is 0 Å². The highest BCUT2D eigenvalue weighted by Gasteiger charge is 2.16. The molecule has 0 saturated heterocycles. The van der Waals surface area contributed by atoms with E-state index >= 15 is 0 Å². The summed E-state index contributed by atoms with van der Waals surface area (Å²) >= 11 is 15.4. The van der Waals surface area contributed by atoms with Crippen LogP contribution in [0.15, 0.2) is 29.6 Å². The van der Waals surface area contributed by atoms with Crippen molar-refractivity contribution in [2.75, 3.05) is 0 Å². The zero-order chi connectivity index (χ0) is 14.6. The third-order valence-corrected chi connectivity index (χ3v) is 5.74. The lowest BCUT2D eigenvalue weighted by Crippen LogP contribution is -1.93. The van der Waals surface area contributed by atoms with Gasteiger partial charge in [-0.15, -0.1) is 22.7 Å². The Morgan fingerprint density at radius 2 is 1.90 bits per heavy atom. The van der Waals surface area contributed by atoms with E-state index in [1.165, 1.54) is 12.1 Å². The molecule has 0 spiro atoms. The van der Waals surface area contributed by atoms with E-state index in [2.05, 4.69) is 9.97 Å². The summed E-state index contributed by atoms with van der Waals surface area (Å²) in [6, 6.07) is 6.76. The molecule has 21 heavy (non-hydrogen) atoms. The fraction of sp³-hybridized carbons (Fsp3) is 0. The third-order valence-electron chi connectivity index (χ3n) is 3.07. The molecule has 0 aliphatic heterocycles. The maximum atomic E-state index is 14.0. The summed E-state index contributed by atoms with van der Waals surface area (Å²) in [6.45, 7) is 0. The number of fused-ring (bicyclic) bond motifs is 2. The molecule has 0 aliphatic carbocycles. The van der Waals surface area contributed by atoms with Gasteiger partial charge in [-0.3, -0.25) is 0 Å². The number of thiophene rings is 2. The average Bonchev–Trinajstić information content (AvgIpc) is 3.03. The lowest BCUT2D eigenvalue weighted by Gasteiger charge is -2.05. The predicted molar refractivity (Wildman–Crippen MR) is 88.2 cm³/mol. The van der Waals surface area contributed by atoms with Crippen LogP contribution in [0.5, 0.6) is 0 Å². The van der Waals surface area contributed by atoms with Crippen molar-refractivity contribution >= 4 is 66.2 Å². The number of rotatable bonds is 1. The second kappa shape index (κ2) is 4.88. The van der Waals surface area contributed by atoms with Crippen LogP contribution < -0.4 is 0 Å². The summed E-state index contributed by atoms with van der Waals surface area (Å²) in [5, 5.41) is 2.88. The Balaban J connectivity index is 2.02. The topological polar surface area (TPSA) is 25.8 Å². The zero-order valence-corrected chi connectivity index (χ0v) is 13.4. The monoisotopic (exact) mass is 354 g/mol. The van der Waals surface area contributed by atoms with Gasteiger partial charge in [-0.25, -0.2) is 14.4 Å². The lowest BCUT2D eigenvalue weighted by atomic mass is 10.2. The summed E-state index contributed by atoms with van der Waals surface area (Å²) in [7, 11) is 0. The van der Waals surface area contributed by atoms with Crippen molar-refractivity contribution in [1.82, 2.24) is 9.97 Å². The number of nitrogens with zero attached hydrogens (tertiary/aromatic N) is 2. The van der Waals surface area contributed by atoms with Crippen LogP contribution in [-0.4, -0.2) is 9.97 Å². The number of aromatic nitrogens is 2. The molecule has 0 radical (unpaired) electrons. The predicted octanol–water partition coefficient (Wildman–Crippen LogP) is 6.02. The molecule has 0 aliphatic rings. The molecule has 7 heteroatoms. The molecule has 4 aromatic rings. The second-order valence-electron chi connectivity index (χ2n) is 4.35. The van der Waals surface area contributed by atoms with Crippen LogP contribution in [0, 0.1) is 5.82 Å². The van der Waals surface area contributed by atoms with Gasteiger partial charge >= 0.3 is 0 Å². The minimum Gasteiger partial charge on any atom is -0.224 e. The van der Waals surface area contributed by atoms with E-state index in [0.29, 0.717) is 16.2 Å². The lowest BCUT2D eigenvalue weighted by molar-refractivity contribution is 0.636. The van der Waals surface area contributed by atoms with Crippen molar-refractivity contribution in [3.8, 4) is 10.7 Å². The third kappa shape index (κ3) is 2.12. The molecule has 4 rings (SSSR count). The number of halogens is 3. The average molecular weight is 355 g/mol. The van der Waals surface area contributed by atoms with E-state index in [1.807, 2.05) is 17.5 Å². The molecule has 0 bridgehead atoms. The Morgan fingerprint density at radius 1 is 1.05 bits per heavy atom. The molecular formula is C14H5Cl2FN2S2. The summed E-state index contributed by atoms with van der Waals surface area (Å²) in [4.78, 5) is 9.43. The first-order chi connectivity index (χ1) is 10.1. The van der Waals surface area contributed by atoms with Gasteiger partial charge in [-0.1, -0.05) is 23.2 Å². The quantitative estimate of drug-likeness (QED) is 0.390. The van der Waals surface area contributed by atoms with E-state index in [1.54, 1.807) is 22.7 Å². The molecule has 3 aromatic heterocycles. The molecule has 3 heterocycles. The fourth-order valence-electron chi connectivity index (χ4n) is 2.11. The Kier molecular flexibility index (Phi) is 3.11. The van der Waals surface area contributed by atoms with Crippen molar-refractivity contribution < 1.29 is 4.39 Å². The van der Waals surface area contributed by atoms with E-state index in [4.69, 9.17) is 23.2 Å². The Bertz CT molecular complexity index is 965. The molecule has 0 amide bonds. The molecule has 104 valence electrons. The van der Waals surface area contributed by atoms with E-state index in [9.17, 15) is 4.39 Å². The van der Waals surface area contributed by atoms with Gasteiger partial charge in [0.15, 0.2) is 5.82 Å². The van der Waals surface area contributed by atoms with Gasteiger partial charge in [0.25, 0.3) is 0 Å². The molecule has 1 aromatic carbocycles. The fourth-order valence-corrected chi connectivity index (χ4v) is 4.72. The van der Waals surface area contributed by atoms with Crippen molar-refractivity contribution in [1.29, 1.82) is 0 Å². The first kappa shape index (κ1) is 13.4. The van der Waals surface area contributed by atoms with Gasteiger partial charge < -0.3 is 0 Å². The number of hydrogen-bond donors (Lipinski definition) is 0. The summed E-state index contributed by atoms with van der Waals surface area (Å²) in [6.07, 6.45) is 0. The first-order valence-corrected chi connectivity index (χ1v) is 8.37. The zero-order valence-electron chi connectivity index (χ0n) is 10.2.